The zero-order valence-electron chi connectivity index (χ0n) is 19.6. The Morgan fingerprint density at radius 1 is 1.22 bits per heavy atom. The van der Waals surface area contributed by atoms with Gasteiger partial charge < -0.3 is 29.6 Å². The number of nitrogens with zero attached hydrogens (tertiary/aromatic N) is 3. The van der Waals surface area contributed by atoms with Gasteiger partial charge in [-0.1, -0.05) is 0 Å². The molecule has 0 spiro atoms. The molecule has 1 saturated heterocycles. The van der Waals surface area contributed by atoms with E-state index in [0.29, 0.717) is 17.5 Å². The fourth-order valence-electron chi connectivity index (χ4n) is 4.02. The highest BCUT2D eigenvalue weighted by atomic mass is 32.1. The average molecular weight is 460 g/mol. The van der Waals surface area contributed by atoms with E-state index in [1.807, 2.05) is 30.7 Å². The SMILES string of the molecule is COc1cc(NC(=S)NCCCn2cncc2C)ccc1OCCCC1CCN(C)CC1. The van der Waals surface area contributed by atoms with Gasteiger partial charge in [-0.15, -0.1) is 0 Å². The maximum Gasteiger partial charge on any atom is 0.170 e. The van der Waals surface area contributed by atoms with Gasteiger partial charge in [0.25, 0.3) is 0 Å². The lowest BCUT2D eigenvalue weighted by Crippen LogP contribution is -2.30. The van der Waals surface area contributed by atoms with E-state index in [2.05, 4.69) is 39.1 Å². The van der Waals surface area contributed by atoms with Crippen LogP contribution in [0.1, 0.15) is 37.8 Å². The predicted molar refractivity (Wildman–Crippen MR) is 134 cm³/mol. The Balaban J connectivity index is 1.37. The molecule has 1 aromatic heterocycles. The van der Waals surface area contributed by atoms with Crippen LogP contribution in [0.15, 0.2) is 30.7 Å². The molecule has 32 heavy (non-hydrogen) atoms. The van der Waals surface area contributed by atoms with Gasteiger partial charge >= 0.3 is 0 Å². The largest absolute Gasteiger partial charge is 0.493 e. The Labute approximate surface area is 197 Å². The fourth-order valence-corrected chi connectivity index (χ4v) is 4.24. The molecule has 2 heterocycles. The second kappa shape index (κ2) is 12.6. The van der Waals surface area contributed by atoms with Crippen molar-refractivity contribution in [3.63, 3.8) is 0 Å². The predicted octanol–water partition coefficient (Wildman–Crippen LogP) is 4.08. The Kier molecular flexibility index (Phi) is 9.62. The van der Waals surface area contributed by atoms with E-state index in [0.717, 1.165) is 43.3 Å². The number of benzene rings is 1. The lowest BCUT2D eigenvalue weighted by atomic mass is 9.93. The van der Waals surface area contributed by atoms with Gasteiger partial charge in [0.05, 0.1) is 20.0 Å². The van der Waals surface area contributed by atoms with Crippen molar-refractivity contribution in [2.75, 3.05) is 45.7 Å². The number of anilines is 1. The molecular formula is C24H37N5O2S. The third-order valence-corrected chi connectivity index (χ3v) is 6.30. The average Bonchev–Trinajstić information content (AvgIpc) is 3.20. The highest BCUT2D eigenvalue weighted by Crippen LogP contribution is 2.30. The number of thiocarbonyl (C=S) groups is 1. The van der Waals surface area contributed by atoms with E-state index < -0.39 is 0 Å². The molecule has 176 valence electrons. The second-order valence-electron chi connectivity index (χ2n) is 8.57. The van der Waals surface area contributed by atoms with Gasteiger partial charge in [0.15, 0.2) is 16.6 Å². The van der Waals surface area contributed by atoms with Crippen LogP contribution < -0.4 is 20.1 Å². The summed E-state index contributed by atoms with van der Waals surface area (Å²) in [6.07, 6.45) is 9.61. The molecule has 0 radical (unpaired) electrons. The molecule has 0 saturated carbocycles. The number of hydrogen-bond donors (Lipinski definition) is 2. The monoisotopic (exact) mass is 459 g/mol. The maximum atomic E-state index is 6.01. The number of piperidine rings is 1. The van der Waals surface area contributed by atoms with Gasteiger partial charge in [-0.2, -0.15) is 0 Å². The van der Waals surface area contributed by atoms with Crippen molar-refractivity contribution in [1.29, 1.82) is 0 Å². The number of hydrogen-bond acceptors (Lipinski definition) is 5. The van der Waals surface area contributed by atoms with Crippen molar-refractivity contribution in [2.24, 2.45) is 5.92 Å². The van der Waals surface area contributed by atoms with Crippen LogP contribution in [0.3, 0.4) is 0 Å². The minimum Gasteiger partial charge on any atom is -0.493 e. The lowest BCUT2D eigenvalue weighted by Gasteiger charge is -2.28. The number of methoxy groups -OCH3 is 1. The number of nitrogens with one attached hydrogen (secondary N) is 2. The number of ether oxygens (including phenoxy) is 2. The Morgan fingerprint density at radius 2 is 2.03 bits per heavy atom. The molecule has 2 N–H and O–H groups in total. The molecule has 7 nitrogen and oxygen atoms in total. The molecule has 1 aliphatic rings. The standard InChI is InChI=1S/C24H37N5O2S/c1-19-17-25-18-29(19)12-5-11-26-24(32)27-21-7-8-22(23(16-21)30-3)31-15-4-6-20-9-13-28(2)14-10-20/h7-8,16-18,20H,4-6,9-15H2,1-3H3,(H2,26,27,32). The van der Waals surface area contributed by atoms with Crippen molar-refractivity contribution >= 4 is 23.0 Å². The van der Waals surface area contributed by atoms with Crippen LogP contribution in [-0.4, -0.2) is 60.0 Å². The minimum atomic E-state index is 0.598. The molecule has 2 aromatic rings. The summed E-state index contributed by atoms with van der Waals surface area (Å²) in [7, 11) is 3.87. The number of rotatable bonds is 11. The van der Waals surface area contributed by atoms with Crippen LogP contribution >= 0.6 is 12.2 Å². The molecule has 1 fully saturated rings. The highest BCUT2D eigenvalue weighted by Gasteiger charge is 2.16. The molecule has 3 rings (SSSR count). The maximum absolute atomic E-state index is 6.01. The molecule has 0 bridgehead atoms. The molecule has 1 aromatic carbocycles. The first-order valence-corrected chi connectivity index (χ1v) is 12.0. The van der Waals surface area contributed by atoms with Crippen LogP contribution in [-0.2, 0) is 6.54 Å². The van der Waals surface area contributed by atoms with Gasteiger partial charge in [-0.05, 0) is 89.4 Å². The third-order valence-electron chi connectivity index (χ3n) is 6.06. The van der Waals surface area contributed by atoms with Crippen molar-refractivity contribution < 1.29 is 9.47 Å². The fraction of sp³-hybridized carbons (Fsp3) is 0.583. The normalized spacial score (nSPS) is 14.8. The van der Waals surface area contributed by atoms with Gasteiger partial charge in [-0.25, -0.2) is 4.98 Å². The first-order chi connectivity index (χ1) is 15.5. The summed E-state index contributed by atoms with van der Waals surface area (Å²) in [5, 5.41) is 7.08. The van der Waals surface area contributed by atoms with Crippen LogP contribution in [0, 0.1) is 12.8 Å². The van der Waals surface area contributed by atoms with E-state index in [-0.39, 0.29) is 0 Å². The summed E-state index contributed by atoms with van der Waals surface area (Å²) in [6, 6.07) is 5.84. The van der Waals surface area contributed by atoms with E-state index in [1.54, 1.807) is 7.11 Å². The Morgan fingerprint density at radius 3 is 2.75 bits per heavy atom. The van der Waals surface area contributed by atoms with Crippen molar-refractivity contribution in [3.05, 3.63) is 36.4 Å². The summed E-state index contributed by atoms with van der Waals surface area (Å²) in [6.45, 7) is 6.91. The van der Waals surface area contributed by atoms with Gasteiger partial charge in [-0.3, -0.25) is 0 Å². The molecular weight excluding hydrogens is 422 g/mol. The molecule has 1 aliphatic heterocycles. The zero-order valence-corrected chi connectivity index (χ0v) is 20.4. The summed E-state index contributed by atoms with van der Waals surface area (Å²) in [5.74, 6) is 2.32. The van der Waals surface area contributed by atoms with Gasteiger partial charge in [0.2, 0.25) is 0 Å². The lowest BCUT2D eigenvalue weighted by molar-refractivity contribution is 0.199. The number of imidazole rings is 1. The molecule has 0 atom stereocenters. The van der Waals surface area contributed by atoms with E-state index in [9.17, 15) is 0 Å². The smallest absolute Gasteiger partial charge is 0.170 e. The van der Waals surface area contributed by atoms with Crippen LogP contribution in [0.5, 0.6) is 11.5 Å². The molecule has 0 unspecified atom stereocenters. The molecule has 0 amide bonds. The van der Waals surface area contributed by atoms with Crippen LogP contribution in [0.2, 0.25) is 0 Å². The third kappa shape index (κ3) is 7.67. The number of aryl methyl sites for hydroxylation is 2. The van der Waals surface area contributed by atoms with Crippen molar-refractivity contribution in [2.45, 2.75) is 45.6 Å². The number of likely N-dealkylation sites (tertiary alicyclic amines) is 1. The summed E-state index contributed by atoms with van der Waals surface area (Å²) in [4.78, 5) is 6.56. The van der Waals surface area contributed by atoms with E-state index in [4.69, 9.17) is 21.7 Å². The van der Waals surface area contributed by atoms with E-state index in [1.165, 1.54) is 38.0 Å². The van der Waals surface area contributed by atoms with E-state index >= 15 is 0 Å². The number of aromatic nitrogens is 2. The van der Waals surface area contributed by atoms with Crippen LogP contribution in [0.25, 0.3) is 0 Å². The van der Waals surface area contributed by atoms with Crippen molar-refractivity contribution in [1.82, 2.24) is 19.8 Å². The topological polar surface area (TPSA) is 63.6 Å². The minimum absolute atomic E-state index is 0.598. The molecule has 8 heteroatoms. The van der Waals surface area contributed by atoms with Crippen LogP contribution in [0.4, 0.5) is 5.69 Å². The second-order valence-corrected chi connectivity index (χ2v) is 8.97. The van der Waals surface area contributed by atoms with Crippen molar-refractivity contribution in [3.8, 4) is 11.5 Å². The quantitative estimate of drug-likeness (QED) is 0.388. The first-order valence-electron chi connectivity index (χ1n) is 11.6. The molecule has 0 aliphatic carbocycles. The van der Waals surface area contributed by atoms with Gasteiger partial charge in [0, 0.05) is 36.7 Å². The Bertz CT molecular complexity index is 849. The zero-order chi connectivity index (χ0) is 22.8. The first kappa shape index (κ1) is 24.3. The van der Waals surface area contributed by atoms with Gasteiger partial charge in [0.1, 0.15) is 0 Å². The summed E-state index contributed by atoms with van der Waals surface area (Å²) in [5.41, 5.74) is 2.05. The summed E-state index contributed by atoms with van der Waals surface area (Å²) >= 11 is 5.43. The highest BCUT2D eigenvalue weighted by molar-refractivity contribution is 7.80. The summed E-state index contributed by atoms with van der Waals surface area (Å²) < 4.78 is 13.7. The Hall–Kier alpha value is -2.32.